The first kappa shape index (κ1) is 29.3. The number of aryl methyl sites for hydroxylation is 1. The lowest BCUT2D eigenvalue weighted by molar-refractivity contribution is 0.922. The van der Waals surface area contributed by atoms with Crippen LogP contribution in [0.3, 0.4) is 0 Å². The molecule has 1 aliphatic carbocycles. The minimum absolute atomic E-state index is 0.0545. The fourth-order valence-electron chi connectivity index (χ4n) is 7.97. The monoisotopic (exact) mass is 653 g/mol. The zero-order valence-electron chi connectivity index (χ0n) is 28.1. The normalized spacial score (nSPS) is 15.5. The van der Waals surface area contributed by atoms with E-state index in [1.54, 1.807) is 6.33 Å². The Morgan fingerprint density at radius 1 is 0.529 bits per heavy atom. The van der Waals surface area contributed by atoms with Crippen LogP contribution in [-0.2, 0) is 0 Å². The molecule has 0 saturated heterocycles. The second kappa shape index (κ2) is 11.7. The minimum Gasteiger partial charge on any atom is -0.318 e. The highest BCUT2D eigenvalue weighted by molar-refractivity contribution is 6.25. The average Bonchev–Trinajstić information content (AvgIpc) is 3.53. The Hall–Kier alpha value is -6.65. The number of nitrogens with zero attached hydrogens (tertiary/aromatic N) is 4. The van der Waals surface area contributed by atoms with Gasteiger partial charge in [-0.25, -0.2) is 9.97 Å². The van der Waals surface area contributed by atoms with Crippen LogP contribution in [0.4, 0.5) is 22.7 Å². The summed E-state index contributed by atoms with van der Waals surface area (Å²) in [6.45, 7) is 2.18. The number of hydrogen-bond acceptors (Lipinski definition) is 3. The molecule has 7 aromatic rings. The molecule has 1 aromatic heterocycles. The first-order valence-electron chi connectivity index (χ1n) is 17.4. The van der Waals surface area contributed by atoms with E-state index in [1.807, 2.05) is 0 Å². The van der Waals surface area contributed by atoms with Gasteiger partial charge in [-0.2, -0.15) is 0 Å². The van der Waals surface area contributed by atoms with E-state index in [0.717, 1.165) is 39.6 Å². The highest BCUT2D eigenvalue weighted by Gasteiger charge is 2.50. The summed E-state index contributed by atoms with van der Waals surface area (Å²) in [6, 6.07) is 56.2. The Kier molecular flexibility index (Phi) is 6.75. The SMILES string of the molecule is Cc1ccc2c(c1)[N+](c1c(-c3ccccc3)ncnc1-c1ccccc1)=C1C=C(c3ccccc3)C=C3c4cc(-c5ccccc5)ccc4N2C31. The van der Waals surface area contributed by atoms with Crippen LogP contribution in [0.1, 0.15) is 16.7 Å². The molecule has 0 bridgehead atoms. The highest BCUT2D eigenvalue weighted by Crippen LogP contribution is 2.55. The van der Waals surface area contributed by atoms with E-state index in [4.69, 9.17) is 9.97 Å². The van der Waals surface area contributed by atoms with E-state index >= 15 is 0 Å². The number of rotatable bonds is 5. The van der Waals surface area contributed by atoms with E-state index in [9.17, 15) is 0 Å². The van der Waals surface area contributed by atoms with Crippen molar-refractivity contribution in [3.63, 3.8) is 0 Å². The van der Waals surface area contributed by atoms with Crippen LogP contribution >= 0.6 is 0 Å². The Bertz CT molecular complexity index is 2510. The third kappa shape index (κ3) is 4.72. The van der Waals surface area contributed by atoms with Crippen LogP contribution in [0.5, 0.6) is 0 Å². The van der Waals surface area contributed by atoms with Gasteiger partial charge in [0.25, 0.3) is 5.69 Å². The van der Waals surface area contributed by atoms with Gasteiger partial charge in [-0.05, 0) is 64.6 Å². The second-order valence-corrected chi connectivity index (χ2v) is 13.3. The molecule has 3 aliphatic rings. The molecule has 10 rings (SSSR count). The van der Waals surface area contributed by atoms with Gasteiger partial charge in [-0.15, -0.1) is 4.58 Å². The van der Waals surface area contributed by atoms with E-state index in [2.05, 4.69) is 186 Å². The fourth-order valence-corrected chi connectivity index (χ4v) is 7.97. The number of fused-ring (bicyclic) bond motifs is 5. The van der Waals surface area contributed by atoms with Crippen LogP contribution in [0.25, 0.3) is 44.8 Å². The van der Waals surface area contributed by atoms with E-state index in [-0.39, 0.29) is 6.04 Å². The van der Waals surface area contributed by atoms with Gasteiger partial charge in [0, 0.05) is 28.8 Å². The molecule has 6 aromatic carbocycles. The smallest absolute Gasteiger partial charge is 0.264 e. The predicted octanol–water partition coefficient (Wildman–Crippen LogP) is 11.1. The van der Waals surface area contributed by atoms with Crippen LogP contribution in [0, 0.1) is 6.92 Å². The van der Waals surface area contributed by atoms with Crippen molar-refractivity contribution in [2.45, 2.75) is 13.0 Å². The van der Waals surface area contributed by atoms with Crippen molar-refractivity contribution in [2.75, 3.05) is 4.90 Å². The molecule has 0 spiro atoms. The lowest BCUT2D eigenvalue weighted by Gasteiger charge is -2.34. The van der Waals surface area contributed by atoms with Gasteiger partial charge in [0.05, 0.1) is 5.69 Å². The lowest BCUT2D eigenvalue weighted by Crippen LogP contribution is -2.44. The summed E-state index contributed by atoms with van der Waals surface area (Å²) in [5, 5.41) is 0. The predicted molar refractivity (Wildman–Crippen MR) is 211 cm³/mol. The maximum absolute atomic E-state index is 5.04. The summed E-state index contributed by atoms with van der Waals surface area (Å²) in [7, 11) is 0. The number of aromatic nitrogens is 2. The maximum atomic E-state index is 5.04. The number of benzene rings is 6. The molecule has 4 nitrogen and oxygen atoms in total. The van der Waals surface area contributed by atoms with Gasteiger partial charge >= 0.3 is 0 Å². The van der Waals surface area contributed by atoms with Gasteiger partial charge in [0.15, 0.2) is 0 Å². The zero-order valence-corrected chi connectivity index (χ0v) is 28.1. The quantitative estimate of drug-likeness (QED) is 0.173. The third-order valence-electron chi connectivity index (χ3n) is 10.3. The van der Waals surface area contributed by atoms with Gasteiger partial charge < -0.3 is 4.90 Å². The Morgan fingerprint density at radius 2 is 1.10 bits per heavy atom. The topological polar surface area (TPSA) is 32.0 Å². The van der Waals surface area contributed by atoms with Crippen LogP contribution in [0.2, 0.25) is 0 Å². The zero-order chi connectivity index (χ0) is 33.9. The summed E-state index contributed by atoms with van der Waals surface area (Å²) in [5.41, 5.74) is 18.0. The summed E-state index contributed by atoms with van der Waals surface area (Å²) in [4.78, 5) is 12.6. The van der Waals surface area contributed by atoms with Gasteiger partial charge in [-0.3, -0.25) is 0 Å². The van der Waals surface area contributed by atoms with Crippen molar-refractivity contribution in [2.24, 2.45) is 0 Å². The molecule has 2 aliphatic heterocycles. The number of hydrogen-bond donors (Lipinski definition) is 0. The molecule has 1 atom stereocenters. The van der Waals surface area contributed by atoms with Crippen molar-refractivity contribution in [1.82, 2.24) is 14.5 Å². The number of anilines is 2. The summed E-state index contributed by atoms with van der Waals surface area (Å²) in [5.74, 6) is 0. The molecular weight excluding hydrogens is 621 g/mol. The Balaban J connectivity index is 1.33. The Labute approximate surface area is 297 Å². The van der Waals surface area contributed by atoms with Crippen LogP contribution in [-0.4, -0.2) is 21.7 Å². The van der Waals surface area contributed by atoms with Gasteiger partial charge in [-0.1, -0.05) is 133 Å². The molecule has 240 valence electrons. The van der Waals surface area contributed by atoms with Gasteiger partial charge in [0.1, 0.15) is 29.4 Å². The molecular formula is C47H33N4+. The highest BCUT2D eigenvalue weighted by atomic mass is 15.3. The standard InChI is InChI=1S/C47H33N4/c1-31-22-24-41-42(26-31)51(47-44(34-18-10-4-11-19-34)48-30-49-45(47)35-20-12-5-13-21-35)43-29-37(33-16-8-3-9-17-33)28-39-38-27-36(32-14-6-2-7-15-32)23-25-40(38)50(41)46(39)43/h2-30,46H,1H3/q+1. The third-order valence-corrected chi connectivity index (χ3v) is 10.3. The largest absolute Gasteiger partial charge is 0.318 e. The van der Waals surface area contributed by atoms with Crippen LogP contribution in [0.15, 0.2) is 176 Å². The molecule has 0 amide bonds. The molecule has 51 heavy (non-hydrogen) atoms. The fraction of sp³-hybridized carbons (Fsp3) is 0.0426. The maximum Gasteiger partial charge on any atom is 0.264 e. The van der Waals surface area contributed by atoms with Crippen molar-refractivity contribution in [3.05, 3.63) is 193 Å². The van der Waals surface area contributed by atoms with Crippen molar-refractivity contribution in [1.29, 1.82) is 0 Å². The molecule has 0 N–H and O–H groups in total. The second-order valence-electron chi connectivity index (χ2n) is 13.3. The van der Waals surface area contributed by atoms with Crippen LogP contribution < -0.4 is 9.48 Å². The van der Waals surface area contributed by atoms with Crippen molar-refractivity contribution in [3.8, 4) is 33.6 Å². The average molecular weight is 654 g/mol. The van der Waals surface area contributed by atoms with Gasteiger partial charge in [0.2, 0.25) is 11.4 Å². The molecule has 0 saturated carbocycles. The molecule has 0 fully saturated rings. The first-order valence-corrected chi connectivity index (χ1v) is 17.4. The summed E-state index contributed by atoms with van der Waals surface area (Å²) in [6.07, 6.45) is 6.51. The van der Waals surface area contributed by atoms with Crippen molar-refractivity contribution >= 4 is 39.6 Å². The lowest BCUT2D eigenvalue weighted by atomic mass is 9.86. The summed E-state index contributed by atoms with van der Waals surface area (Å²) >= 11 is 0. The van der Waals surface area contributed by atoms with E-state index in [1.165, 1.54) is 50.4 Å². The summed E-state index contributed by atoms with van der Waals surface area (Å²) < 4.78 is 2.47. The molecule has 4 heteroatoms. The number of allylic oxidation sites excluding steroid dienone is 2. The molecule has 0 radical (unpaired) electrons. The Morgan fingerprint density at radius 3 is 1.73 bits per heavy atom. The van der Waals surface area contributed by atoms with E-state index in [0.29, 0.717) is 0 Å². The van der Waals surface area contributed by atoms with E-state index < -0.39 is 0 Å². The minimum atomic E-state index is -0.0545. The first-order chi connectivity index (χ1) is 25.2. The molecule has 1 unspecified atom stereocenters. The molecule has 3 heterocycles. The van der Waals surface area contributed by atoms with Crippen molar-refractivity contribution < 1.29 is 0 Å².